The fourth-order valence-corrected chi connectivity index (χ4v) is 3.39. The molecule has 1 atom stereocenters. The van der Waals surface area contributed by atoms with Crippen LogP contribution in [-0.2, 0) is 17.6 Å². The molecule has 1 unspecified atom stereocenters. The highest BCUT2D eigenvalue weighted by Crippen LogP contribution is 2.21. The van der Waals surface area contributed by atoms with Gasteiger partial charge in [-0.25, -0.2) is 0 Å². The molecule has 1 aliphatic carbocycles. The van der Waals surface area contributed by atoms with Crippen LogP contribution in [0.5, 0.6) is 0 Å². The van der Waals surface area contributed by atoms with E-state index in [4.69, 9.17) is 0 Å². The molecule has 0 fully saturated rings. The zero-order valence-corrected chi connectivity index (χ0v) is 15.0. The molecule has 1 amide bonds. The van der Waals surface area contributed by atoms with Crippen molar-refractivity contribution in [1.29, 1.82) is 0 Å². The standard InChI is InChI=1S/C20H20BrNO2/c21-17-8-5-15(6-9-17)19(23)11-12-20(24)22-18-10-7-14-3-1-2-4-16(14)13-18/h1-6,8-9,18H,7,10-13H2,(H,22,24). The van der Waals surface area contributed by atoms with Crippen LogP contribution in [-0.4, -0.2) is 17.7 Å². The van der Waals surface area contributed by atoms with Gasteiger partial charge in [0.1, 0.15) is 0 Å². The summed E-state index contributed by atoms with van der Waals surface area (Å²) in [4.78, 5) is 24.3. The van der Waals surface area contributed by atoms with Crippen LogP contribution in [0.2, 0.25) is 0 Å². The number of hydrogen-bond acceptors (Lipinski definition) is 2. The molecule has 0 saturated heterocycles. The minimum Gasteiger partial charge on any atom is -0.353 e. The summed E-state index contributed by atoms with van der Waals surface area (Å²) in [6.45, 7) is 0. The lowest BCUT2D eigenvalue weighted by molar-refractivity contribution is -0.121. The first-order chi connectivity index (χ1) is 11.6. The average molecular weight is 386 g/mol. The van der Waals surface area contributed by atoms with Gasteiger partial charge in [-0.2, -0.15) is 0 Å². The van der Waals surface area contributed by atoms with Crippen molar-refractivity contribution in [3.8, 4) is 0 Å². The summed E-state index contributed by atoms with van der Waals surface area (Å²) in [6.07, 6.45) is 3.33. The lowest BCUT2D eigenvalue weighted by Crippen LogP contribution is -2.38. The van der Waals surface area contributed by atoms with Gasteiger partial charge in [0.05, 0.1) is 0 Å². The van der Waals surface area contributed by atoms with Crippen LogP contribution >= 0.6 is 15.9 Å². The molecule has 1 aliphatic rings. The van der Waals surface area contributed by atoms with Crippen LogP contribution in [0.4, 0.5) is 0 Å². The zero-order valence-electron chi connectivity index (χ0n) is 13.4. The molecule has 0 aromatic heterocycles. The molecule has 0 radical (unpaired) electrons. The molecule has 0 saturated carbocycles. The third-order valence-electron chi connectivity index (χ3n) is 4.46. The lowest BCUT2D eigenvalue weighted by Gasteiger charge is -2.25. The summed E-state index contributed by atoms with van der Waals surface area (Å²) >= 11 is 3.35. The van der Waals surface area contributed by atoms with Crippen LogP contribution in [0.15, 0.2) is 53.0 Å². The van der Waals surface area contributed by atoms with E-state index in [0.29, 0.717) is 5.56 Å². The Hall–Kier alpha value is -1.94. The number of carbonyl (C=O) groups excluding carboxylic acids is 2. The Kier molecular flexibility index (Phi) is 5.46. The van der Waals surface area contributed by atoms with Gasteiger partial charge in [0.15, 0.2) is 5.78 Å². The number of hydrogen-bond donors (Lipinski definition) is 1. The van der Waals surface area contributed by atoms with Crippen LogP contribution < -0.4 is 5.32 Å². The van der Waals surface area contributed by atoms with Crippen LogP contribution in [0.25, 0.3) is 0 Å². The molecule has 4 heteroatoms. The topological polar surface area (TPSA) is 46.2 Å². The Bertz CT molecular complexity index is 740. The van der Waals surface area contributed by atoms with Crippen molar-refractivity contribution in [3.05, 3.63) is 69.7 Å². The van der Waals surface area contributed by atoms with Crippen molar-refractivity contribution < 1.29 is 9.59 Å². The minimum absolute atomic E-state index is 0.00615. The van der Waals surface area contributed by atoms with E-state index < -0.39 is 0 Å². The lowest BCUT2D eigenvalue weighted by atomic mass is 9.88. The number of ketones is 1. The molecule has 0 bridgehead atoms. The van der Waals surface area contributed by atoms with Crippen molar-refractivity contribution in [2.45, 2.75) is 38.1 Å². The number of halogens is 1. The fraction of sp³-hybridized carbons (Fsp3) is 0.300. The Morgan fingerprint density at radius 2 is 1.71 bits per heavy atom. The third kappa shape index (κ3) is 4.32. The second kappa shape index (κ2) is 7.75. The Labute approximate surface area is 150 Å². The summed E-state index contributed by atoms with van der Waals surface area (Å²) in [5, 5.41) is 3.08. The van der Waals surface area contributed by atoms with Gasteiger partial charge >= 0.3 is 0 Å². The first-order valence-electron chi connectivity index (χ1n) is 8.27. The predicted molar refractivity (Wildman–Crippen MR) is 98.1 cm³/mol. The molecule has 3 rings (SSSR count). The van der Waals surface area contributed by atoms with E-state index in [1.54, 1.807) is 12.1 Å². The van der Waals surface area contributed by atoms with Gasteiger partial charge in [-0.05, 0) is 42.5 Å². The SMILES string of the molecule is O=C(CCC(=O)c1ccc(Br)cc1)NC1CCc2ccccc2C1. The third-order valence-corrected chi connectivity index (χ3v) is 4.99. The molecule has 24 heavy (non-hydrogen) atoms. The maximum absolute atomic E-state index is 12.1. The predicted octanol–water partition coefficient (Wildman–Crippen LogP) is 4.09. The second-order valence-electron chi connectivity index (χ2n) is 6.21. The summed E-state index contributed by atoms with van der Waals surface area (Å²) in [5.74, 6) is -0.0310. The minimum atomic E-state index is -0.0372. The van der Waals surface area contributed by atoms with Crippen LogP contribution in [0, 0.1) is 0 Å². The Morgan fingerprint density at radius 3 is 2.46 bits per heavy atom. The van der Waals surface area contributed by atoms with Crippen molar-refractivity contribution in [2.24, 2.45) is 0 Å². The van der Waals surface area contributed by atoms with E-state index in [1.807, 2.05) is 18.2 Å². The highest BCUT2D eigenvalue weighted by atomic mass is 79.9. The number of amides is 1. The monoisotopic (exact) mass is 385 g/mol. The zero-order chi connectivity index (χ0) is 16.9. The van der Waals surface area contributed by atoms with Crippen molar-refractivity contribution in [1.82, 2.24) is 5.32 Å². The number of benzene rings is 2. The maximum Gasteiger partial charge on any atom is 0.220 e. The largest absolute Gasteiger partial charge is 0.353 e. The van der Waals surface area contributed by atoms with Gasteiger partial charge in [-0.3, -0.25) is 9.59 Å². The van der Waals surface area contributed by atoms with Crippen molar-refractivity contribution >= 4 is 27.6 Å². The molecule has 0 spiro atoms. The smallest absolute Gasteiger partial charge is 0.220 e. The summed E-state index contributed by atoms with van der Waals surface area (Å²) in [7, 11) is 0. The maximum atomic E-state index is 12.1. The summed E-state index contributed by atoms with van der Waals surface area (Å²) < 4.78 is 0.939. The van der Waals surface area contributed by atoms with Crippen molar-refractivity contribution in [2.75, 3.05) is 0 Å². The molecule has 124 valence electrons. The highest BCUT2D eigenvalue weighted by Gasteiger charge is 2.20. The van der Waals surface area contributed by atoms with E-state index in [9.17, 15) is 9.59 Å². The molecule has 2 aromatic carbocycles. The molecule has 3 nitrogen and oxygen atoms in total. The van der Waals surface area contributed by atoms with Crippen LogP contribution in [0.1, 0.15) is 40.7 Å². The van der Waals surface area contributed by atoms with Gasteiger partial charge < -0.3 is 5.32 Å². The van der Waals surface area contributed by atoms with Gasteiger partial charge in [-0.1, -0.05) is 52.3 Å². The molecule has 2 aromatic rings. The van der Waals surface area contributed by atoms with Gasteiger partial charge in [0, 0.05) is 28.9 Å². The second-order valence-corrected chi connectivity index (χ2v) is 7.12. The molecule has 0 heterocycles. The van der Waals surface area contributed by atoms with Crippen LogP contribution in [0.3, 0.4) is 0 Å². The number of rotatable bonds is 5. The number of Topliss-reactive ketones (excluding diaryl/α,β-unsaturated/α-hetero) is 1. The van der Waals surface area contributed by atoms with Crippen molar-refractivity contribution in [3.63, 3.8) is 0 Å². The summed E-state index contributed by atoms with van der Waals surface area (Å²) in [5.41, 5.74) is 3.35. The Balaban J connectivity index is 1.48. The molecule has 1 N–H and O–H groups in total. The summed E-state index contributed by atoms with van der Waals surface area (Å²) in [6, 6.07) is 15.8. The Morgan fingerprint density at radius 1 is 1.00 bits per heavy atom. The van der Waals surface area contributed by atoms with E-state index in [-0.39, 0.29) is 30.6 Å². The first-order valence-corrected chi connectivity index (χ1v) is 9.06. The molecular formula is C20H20BrNO2. The molecular weight excluding hydrogens is 366 g/mol. The average Bonchev–Trinajstić information content (AvgIpc) is 2.60. The number of nitrogens with one attached hydrogen (secondary N) is 1. The van der Waals surface area contributed by atoms with E-state index in [2.05, 4.69) is 39.4 Å². The molecule has 0 aliphatic heterocycles. The van der Waals surface area contributed by atoms with Gasteiger partial charge in [0.25, 0.3) is 0 Å². The normalized spacial score (nSPS) is 16.3. The number of fused-ring (bicyclic) bond motifs is 1. The fourth-order valence-electron chi connectivity index (χ4n) is 3.13. The van der Waals surface area contributed by atoms with Gasteiger partial charge in [0.2, 0.25) is 5.91 Å². The van der Waals surface area contributed by atoms with E-state index >= 15 is 0 Å². The number of carbonyl (C=O) groups is 2. The van der Waals surface area contributed by atoms with Gasteiger partial charge in [-0.15, -0.1) is 0 Å². The highest BCUT2D eigenvalue weighted by molar-refractivity contribution is 9.10. The quantitative estimate of drug-likeness (QED) is 0.787. The first kappa shape index (κ1) is 16.9. The van der Waals surface area contributed by atoms with E-state index in [0.717, 1.165) is 23.7 Å². The van der Waals surface area contributed by atoms with E-state index in [1.165, 1.54) is 11.1 Å². The number of aryl methyl sites for hydroxylation is 1.